The van der Waals surface area contributed by atoms with E-state index in [1.54, 1.807) is 11.0 Å². The van der Waals surface area contributed by atoms with Gasteiger partial charge < -0.3 is 10.2 Å². The van der Waals surface area contributed by atoms with Crippen molar-refractivity contribution in [3.63, 3.8) is 0 Å². The Bertz CT molecular complexity index is 786. The number of aromatic nitrogens is 1. The fourth-order valence-corrected chi connectivity index (χ4v) is 3.29. The van der Waals surface area contributed by atoms with Gasteiger partial charge in [0, 0.05) is 30.0 Å². The summed E-state index contributed by atoms with van der Waals surface area (Å²) in [5.74, 6) is -0.353. The van der Waals surface area contributed by atoms with Crippen LogP contribution in [0.2, 0.25) is 0 Å². The van der Waals surface area contributed by atoms with Gasteiger partial charge in [0.25, 0.3) is 11.8 Å². The smallest absolute Gasteiger partial charge is 0.257 e. The molecular weight excluding hydrogens is 370 g/mol. The summed E-state index contributed by atoms with van der Waals surface area (Å²) in [6.45, 7) is 3.52. The first-order valence-electron chi connectivity index (χ1n) is 7.86. The minimum Gasteiger partial charge on any atom is -0.339 e. The maximum Gasteiger partial charge on any atom is 0.257 e. The second kappa shape index (κ2) is 7.13. The predicted octanol–water partition coefficient (Wildman–Crippen LogP) is 3.64. The molecule has 0 radical (unpaired) electrons. The van der Waals surface area contributed by atoms with Gasteiger partial charge in [-0.05, 0) is 59.5 Å². The zero-order valence-corrected chi connectivity index (χ0v) is 15.0. The van der Waals surface area contributed by atoms with Crippen LogP contribution < -0.4 is 5.32 Å². The highest BCUT2D eigenvalue weighted by atomic mass is 79.9. The van der Waals surface area contributed by atoms with E-state index in [0.29, 0.717) is 16.8 Å². The molecule has 0 spiro atoms. The van der Waals surface area contributed by atoms with Crippen molar-refractivity contribution < 1.29 is 9.59 Å². The number of nitrogens with one attached hydrogen (secondary N) is 1. The maximum absolute atomic E-state index is 12.5. The molecule has 3 rings (SSSR count). The summed E-state index contributed by atoms with van der Waals surface area (Å²) in [7, 11) is 0. The Hall–Kier alpha value is -2.21. The Labute approximate surface area is 149 Å². The molecule has 0 bridgehead atoms. The predicted molar refractivity (Wildman–Crippen MR) is 96.2 cm³/mol. The number of benzene rings is 1. The number of amides is 2. The standard InChI is InChI=1S/C18H18BrN3O2/c1-12-4-5-16(15(19)8-12)21-17(23)13-9-14(11-20-10-13)18(24)22-6-2-3-7-22/h4-5,8-11H,2-3,6-7H2,1H3,(H,21,23). The lowest BCUT2D eigenvalue weighted by Crippen LogP contribution is -2.28. The number of carbonyl (C=O) groups is 2. The molecule has 0 atom stereocenters. The van der Waals surface area contributed by atoms with Gasteiger partial charge in [0.15, 0.2) is 0 Å². The fourth-order valence-electron chi connectivity index (χ4n) is 2.70. The van der Waals surface area contributed by atoms with Crippen molar-refractivity contribution in [1.82, 2.24) is 9.88 Å². The highest BCUT2D eigenvalue weighted by Crippen LogP contribution is 2.24. The number of anilines is 1. The number of halogens is 1. The zero-order valence-electron chi connectivity index (χ0n) is 13.4. The van der Waals surface area contributed by atoms with Crippen molar-refractivity contribution in [1.29, 1.82) is 0 Å². The number of rotatable bonds is 3. The first-order chi connectivity index (χ1) is 11.5. The van der Waals surface area contributed by atoms with E-state index in [4.69, 9.17) is 0 Å². The van der Waals surface area contributed by atoms with Gasteiger partial charge in [-0.25, -0.2) is 0 Å². The molecule has 2 amide bonds. The lowest BCUT2D eigenvalue weighted by atomic mass is 10.1. The van der Waals surface area contributed by atoms with Crippen LogP contribution in [0, 0.1) is 6.92 Å². The topological polar surface area (TPSA) is 62.3 Å². The number of hydrogen-bond acceptors (Lipinski definition) is 3. The van der Waals surface area contributed by atoms with Crippen LogP contribution in [0.4, 0.5) is 5.69 Å². The average molecular weight is 388 g/mol. The number of carbonyl (C=O) groups excluding carboxylic acids is 2. The molecule has 0 saturated carbocycles. The molecule has 2 heterocycles. The van der Waals surface area contributed by atoms with Gasteiger partial charge in [0.1, 0.15) is 0 Å². The minimum atomic E-state index is -0.289. The van der Waals surface area contributed by atoms with Gasteiger partial charge in [-0.15, -0.1) is 0 Å². The molecule has 24 heavy (non-hydrogen) atoms. The summed E-state index contributed by atoms with van der Waals surface area (Å²) < 4.78 is 0.813. The zero-order chi connectivity index (χ0) is 17.1. The summed E-state index contributed by atoms with van der Waals surface area (Å²) in [6.07, 6.45) is 5.04. The van der Waals surface area contributed by atoms with Gasteiger partial charge in [0.2, 0.25) is 0 Å². The molecule has 124 valence electrons. The van der Waals surface area contributed by atoms with E-state index < -0.39 is 0 Å². The Morgan fingerprint density at radius 1 is 1.12 bits per heavy atom. The summed E-state index contributed by atoms with van der Waals surface area (Å²) >= 11 is 3.44. The number of nitrogens with zero attached hydrogens (tertiary/aromatic N) is 2. The van der Waals surface area contributed by atoms with Crippen molar-refractivity contribution >= 4 is 33.4 Å². The first kappa shape index (κ1) is 16.6. The number of aryl methyl sites for hydroxylation is 1. The van der Waals surface area contributed by atoms with Crippen molar-refractivity contribution in [3.05, 3.63) is 57.8 Å². The molecule has 1 fully saturated rings. The largest absolute Gasteiger partial charge is 0.339 e. The van der Waals surface area contributed by atoms with E-state index in [1.165, 1.54) is 12.4 Å². The summed E-state index contributed by atoms with van der Waals surface area (Å²) in [4.78, 5) is 30.7. The Balaban J connectivity index is 1.77. The van der Waals surface area contributed by atoms with Crippen molar-refractivity contribution in [2.24, 2.45) is 0 Å². The number of hydrogen-bond donors (Lipinski definition) is 1. The van der Waals surface area contributed by atoms with E-state index in [0.717, 1.165) is 36.0 Å². The highest BCUT2D eigenvalue weighted by Gasteiger charge is 2.20. The molecule has 1 aromatic carbocycles. The van der Waals surface area contributed by atoms with Gasteiger partial charge in [-0.2, -0.15) is 0 Å². The molecule has 1 aliphatic heterocycles. The van der Waals surface area contributed by atoms with Gasteiger partial charge in [0.05, 0.1) is 16.8 Å². The van der Waals surface area contributed by atoms with E-state index in [-0.39, 0.29) is 11.8 Å². The van der Waals surface area contributed by atoms with Gasteiger partial charge >= 0.3 is 0 Å². The van der Waals surface area contributed by atoms with Crippen LogP contribution in [0.3, 0.4) is 0 Å². The van der Waals surface area contributed by atoms with E-state index in [1.807, 2.05) is 25.1 Å². The third-order valence-electron chi connectivity index (χ3n) is 4.01. The van der Waals surface area contributed by atoms with Gasteiger partial charge in [-0.1, -0.05) is 6.07 Å². The monoisotopic (exact) mass is 387 g/mol. The lowest BCUT2D eigenvalue weighted by Gasteiger charge is -2.15. The van der Waals surface area contributed by atoms with Crippen LogP contribution >= 0.6 is 15.9 Å². The van der Waals surface area contributed by atoms with Crippen LogP contribution in [0.5, 0.6) is 0 Å². The highest BCUT2D eigenvalue weighted by molar-refractivity contribution is 9.10. The molecule has 2 aromatic rings. The van der Waals surface area contributed by atoms with E-state index >= 15 is 0 Å². The fraction of sp³-hybridized carbons (Fsp3) is 0.278. The second-order valence-corrected chi connectivity index (χ2v) is 6.75. The molecule has 1 aliphatic rings. The third-order valence-corrected chi connectivity index (χ3v) is 4.67. The minimum absolute atomic E-state index is 0.0637. The Kier molecular flexibility index (Phi) is 4.94. The Morgan fingerprint density at radius 2 is 1.83 bits per heavy atom. The van der Waals surface area contributed by atoms with Crippen molar-refractivity contribution in [2.45, 2.75) is 19.8 Å². The number of pyridine rings is 1. The molecular formula is C18H18BrN3O2. The summed E-state index contributed by atoms with van der Waals surface area (Å²) in [5, 5.41) is 2.84. The average Bonchev–Trinajstić information content (AvgIpc) is 3.11. The molecule has 6 heteroatoms. The second-order valence-electron chi connectivity index (χ2n) is 5.90. The van der Waals surface area contributed by atoms with Crippen LogP contribution in [0.1, 0.15) is 39.1 Å². The van der Waals surface area contributed by atoms with Crippen LogP contribution in [-0.2, 0) is 0 Å². The molecule has 0 unspecified atom stereocenters. The molecule has 5 nitrogen and oxygen atoms in total. The van der Waals surface area contributed by atoms with Crippen LogP contribution in [0.15, 0.2) is 41.1 Å². The van der Waals surface area contributed by atoms with Crippen molar-refractivity contribution in [3.8, 4) is 0 Å². The molecule has 1 aromatic heterocycles. The molecule has 0 aliphatic carbocycles. The Morgan fingerprint density at radius 3 is 2.54 bits per heavy atom. The normalized spacial score (nSPS) is 13.8. The SMILES string of the molecule is Cc1ccc(NC(=O)c2cncc(C(=O)N3CCCC3)c2)c(Br)c1. The molecule has 1 saturated heterocycles. The lowest BCUT2D eigenvalue weighted by molar-refractivity contribution is 0.0792. The van der Waals surface area contributed by atoms with Gasteiger partial charge in [-0.3, -0.25) is 14.6 Å². The van der Waals surface area contributed by atoms with Crippen molar-refractivity contribution in [2.75, 3.05) is 18.4 Å². The number of likely N-dealkylation sites (tertiary alicyclic amines) is 1. The summed E-state index contributed by atoms with van der Waals surface area (Å²) in [5.41, 5.74) is 2.60. The summed E-state index contributed by atoms with van der Waals surface area (Å²) in [6, 6.07) is 7.29. The third kappa shape index (κ3) is 3.64. The van der Waals surface area contributed by atoms with E-state index in [9.17, 15) is 9.59 Å². The van der Waals surface area contributed by atoms with Crippen LogP contribution in [-0.4, -0.2) is 34.8 Å². The first-order valence-corrected chi connectivity index (χ1v) is 8.66. The molecule has 1 N–H and O–H groups in total. The van der Waals surface area contributed by atoms with E-state index in [2.05, 4.69) is 26.2 Å². The quantitative estimate of drug-likeness (QED) is 0.874. The maximum atomic E-state index is 12.5. The van der Waals surface area contributed by atoms with Crippen LogP contribution in [0.25, 0.3) is 0 Å².